The molecule has 0 aliphatic carbocycles. The molecule has 5 nitrogen and oxygen atoms in total. The fourth-order valence-electron chi connectivity index (χ4n) is 3.23. The second-order valence-corrected chi connectivity index (χ2v) is 7.61. The van der Waals surface area contributed by atoms with Crippen molar-refractivity contribution in [1.29, 1.82) is 0 Å². The van der Waals surface area contributed by atoms with Crippen molar-refractivity contribution in [2.45, 2.75) is 13.1 Å². The summed E-state index contributed by atoms with van der Waals surface area (Å²) in [5, 5.41) is 2.44. The van der Waals surface area contributed by atoms with Crippen LogP contribution in [0.5, 0.6) is 0 Å². The second kappa shape index (κ2) is 7.56. The molecule has 6 heteroatoms. The normalized spacial score (nSPS) is 15.4. The summed E-state index contributed by atoms with van der Waals surface area (Å²) in [5.74, 6) is 0. The molecule has 1 saturated heterocycles. The summed E-state index contributed by atoms with van der Waals surface area (Å²) in [5.41, 5.74) is 1.31. The molecule has 0 spiro atoms. The Hall–Kier alpha value is -1.89. The van der Waals surface area contributed by atoms with Gasteiger partial charge in [-0.2, -0.15) is 0 Å². The maximum atomic E-state index is 5.42. The zero-order chi connectivity index (χ0) is 17.1. The van der Waals surface area contributed by atoms with E-state index >= 15 is 0 Å². The summed E-state index contributed by atoms with van der Waals surface area (Å²) < 4.78 is 7.75. The highest BCUT2D eigenvalue weighted by atomic mass is 32.1. The van der Waals surface area contributed by atoms with Gasteiger partial charge < -0.3 is 14.2 Å². The number of nitrogens with zero attached hydrogens (tertiary/aromatic N) is 4. The lowest BCUT2D eigenvalue weighted by molar-refractivity contribution is 0.122. The predicted octanol–water partition coefficient (Wildman–Crippen LogP) is 3.07. The molecule has 1 aliphatic rings. The molecular weight excluding hydrogens is 332 g/mol. The van der Waals surface area contributed by atoms with Gasteiger partial charge in [0.2, 0.25) is 0 Å². The van der Waals surface area contributed by atoms with Crippen molar-refractivity contribution in [1.82, 2.24) is 14.5 Å². The van der Waals surface area contributed by atoms with E-state index in [2.05, 4.69) is 62.9 Å². The number of anilines is 1. The average molecular weight is 356 g/mol. The molecule has 132 valence electrons. The van der Waals surface area contributed by atoms with Gasteiger partial charge in [0.1, 0.15) is 0 Å². The van der Waals surface area contributed by atoms with Crippen LogP contribution in [0.4, 0.5) is 5.13 Å². The first-order valence-corrected chi connectivity index (χ1v) is 9.61. The molecule has 0 N–H and O–H groups in total. The standard InChI is InChI=1S/C19H24N4OS/c1-21(8-9-22-7-6-16-4-2-3-5-18(16)22)15-17-14-20-19(25-17)23-10-12-24-13-11-23/h2-7,14H,8-13,15H2,1H3. The Balaban J connectivity index is 1.33. The van der Waals surface area contributed by atoms with Crippen LogP contribution in [-0.4, -0.2) is 54.3 Å². The van der Waals surface area contributed by atoms with Crippen molar-refractivity contribution in [2.75, 3.05) is 44.8 Å². The number of hydrogen-bond donors (Lipinski definition) is 0. The fraction of sp³-hybridized carbons (Fsp3) is 0.421. The number of fused-ring (bicyclic) bond motifs is 1. The van der Waals surface area contributed by atoms with E-state index in [9.17, 15) is 0 Å². The van der Waals surface area contributed by atoms with Gasteiger partial charge in [-0.1, -0.05) is 18.2 Å². The SMILES string of the molecule is CN(CCn1ccc2ccccc21)Cc1cnc(N2CCOCC2)s1. The molecular formula is C19H24N4OS. The second-order valence-electron chi connectivity index (χ2n) is 6.51. The fourth-order valence-corrected chi connectivity index (χ4v) is 4.27. The summed E-state index contributed by atoms with van der Waals surface area (Å²) in [6.45, 7) is 6.47. The zero-order valence-corrected chi connectivity index (χ0v) is 15.4. The number of para-hydroxylation sites is 1. The van der Waals surface area contributed by atoms with Crippen LogP contribution in [-0.2, 0) is 17.8 Å². The van der Waals surface area contributed by atoms with Crippen LogP contribution in [0, 0.1) is 0 Å². The van der Waals surface area contributed by atoms with Gasteiger partial charge in [-0.25, -0.2) is 4.98 Å². The summed E-state index contributed by atoms with van der Waals surface area (Å²) in [7, 11) is 2.18. The minimum Gasteiger partial charge on any atom is -0.378 e. The van der Waals surface area contributed by atoms with Gasteiger partial charge in [-0.15, -0.1) is 11.3 Å². The summed E-state index contributed by atoms with van der Waals surface area (Å²) in [6.07, 6.45) is 4.21. The lowest BCUT2D eigenvalue weighted by atomic mass is 10.2. The number of thiazole rings is 1. The Morgan fingerprint density at radius 2 is 2.04 bits per heavy atom. The van der Waals surface area contributed by atoms with Gasteiger partial charge in [0.15, 0.2) is 5.13 Å². The van der Waals surface area contributed by atoms with Crippen LogP contribution < -0.4 is 4.90 Å². The Bertz CT molecular complexity index is 822. The first kappa shape index (κ1) is 16.6. The number of morpholine rings is 1. The first-order valence-electron chi connectivity index (χ1n) is 8.79. The number of rotatable bonds is 6. The molecule has 4 rings (SSSR count). The molecule has 0 atom stereocenters. The largest absolute Gasteiger partial charge is 0.378 e. The number of likely N-dealkylation sites (N-methyl/N-ethyl adjacent to an activating group) is 1. The third kappa shape index (κ3) is 3.86. The topological polar surface area (TPSA) is 33.5 Å². The molecule has 0 saturated carbocycles. The van der Waals surface area contributed by atoms with Crippen LogP contribution in [0.15, 0.2) is 42.7 Å². The van der Waals surface area contributed by atoms with Crippen LogP contribution in [0.25, 0.3) is 10.9 Å². The van der Waals surface area contributed by atoms with E-state index in [0.29, 0.717) is 0 Å². The molecule has 0 bridgehead atoms. The highest BCUT2D eigenvalue weighted by Crippen LogP contribution is 2.24. The summed E-state index contributed by atoms with van der Waals surface area (Å²) in [6, 6.07) is 10.7. The van der Waals surface area contributed by atoms with E-state index in [1.54, 1.807) is 11.3 Å². The lowest BCUT2D eigenvalue weighted by Gasteiger charge is -2.26. The van der Waals surface area contributed by atoms with Crippen molar-refractivity contribution in [3.8, 4) is 0 Å². The minimum absolute atomic E-state index is 0.805. The third-order valence-electron chi connectivity index (χ3n) is 4.65. The van der Waals surface area contributed by atoms with Gasteiger partial charge in [0.25, 0.3) is 0 Å². The van der Waals surface area contributed by atoms with Gasteiger partial charge in [0.05, 0.1) is 13.2 Å². The predicted molar refractivity (Wildman–Crippen MR) is 103 cm³/mol. The molecule has 0 unspecified atom stereocenters. The van der Waals surface area contributed by atoms with Crippen LogP contribution in [0.3, 0.4) is 0 Å². The molecule has 0 amide bonds. The Kier molecular flexibility index (Phi) is 5.01. The molecule has 3 aromatic rings. The van der Waals surface area contributed by atoms with Gasteiger partial charge in [-0.3, -0.25) is 4.90 Å². The van der Waals surface area contributed by atoms with Crippen molar-refractivity contribution < 1.29 is 4.74 Å². The number of hydrogen-bond acceptors (Lipinski definition) is 5. The van der Waals surface area contributed by atoms with Crippen LogP contribution in [0.2, 0.25) is 0 Å². The molecule has 2 aromatic heterocycles. The van der Waals surface area contributed by atoms with Crippen molar-refractivity contribution in [2.24, 2.45) is 0 Å². The maximum Gasteiger partial charge on any atom is 0.185 e. The Morgan fingerprint density at radius 1 is 1.20 bits per heavy atom. The van der Waals surface area contributed by atoms with E-state index in [1.807, 2.05) is 6.20 Å². The highest BCUT2D eigenvalue weighted by molar-refractivity contribution is 7.15. The Morgan fingerprint density at radius 3 is 2.92 bits per heavy atom. The molecule has 1 fully saturated rings. The summed E-state index contributed by atoms with van der Waals surface area (Å²) in [4.78, 5) is 10.6. The van der Waals surface area contributed by atoms with Crippen molar-refractivity contribution in [3.63, 3.8) is 0 Å². The van der Waals surface area contributed by atoms with E-state index in [1.165, 1.54) is 15.8 Å². The van der Waals surface area contributed by atoms with E-state index in [4.69, 9.17) is 4.74 Å². The molecule has 1 aliphatic heterocycles. The zero-order valence-electron chi connectivity index (χ0n) is 14.6. The Labute approximate surface area is 152 Å². The number of ether oxygens (including phenoxy) is 1. The smallest absolute Gasteiger partial charge is 0.185 e. The summed E-state index contributed by atoms with van der Waals surface area (Å²) >= 11 is 1.80. The van der Waals surface area contributed by atoms with E-state index in [0.717, 1.165) is 51.1 Å². The van der Waals surface area contributed by atoms with Gasteiger partial charge in [-0.05, 0) is 24.6 Å². The molecule has 1 aromatic carbocycles. The first-order chi connectivity index (χ1) is 12.3. The number of benzene rings is 1. The maximum absolute atomic E-state index is 5.42. The highest BCUT2D eigenvalue weighted by Gasteiger charge is 2.15. The monoisotopic (exact) mass is 356 g/mol. The quantitative estimate of drug-likeness (QED) is 0.680. The van der Waals surface area contributed by atoms with Crippen molar-refractivity contribution >= 4 is 27.4 Å². The lowest BCUT2D eigenvalue weighted by Crippen LogP contribution is -2.36. The van der Waals surface area contributed by atoms with Crippen LogP contribution in [0.1, 0.15) is 4.88 Å². The molecule has 3 heterocycles. The molecule has 25 heavy (non-hydrogen) atoms. The minimum atomic E-state index is 0.805. The van der Waals surface area contributed by atoms with Crippen LogP contribution >= 0.6 is 11.3 Å². The average Bonchev–Trinajstić information content (AvgIpc) is 3.28. The van der Waals surface area contributed by atoms with E-state index < -0.39 is 0 Å². The third-order valence-corrected chi connectivity index (χ3v) is 5.69. The molecule has 0 radical (unpaired) electrons. The van der Waals surface area contributed by atoms with Gasteiger partial charge >= 0.3 is 0 Å². The van der Waals surface area contributed by atoms with Gasteiger partial charge in [0, 0.05) is 55.5 Å². The van der Waals surface area contributed by atoms with Crippen molar-refractivity contribution in [3.05, 3.63) is 47.6 Å². The number of aromatic nitrogens is 2. The van der Waals surface area contributed by atoms with E-state index in [-0.39, 0.29) is 0 Å².